The van der Waals surface area contributed by atoms with Gasteiger partial charge in [-0.3, -0.25) is 4.79 Å². The van der Waals surface area contributed by atoms with Gasteiger partial charge in [0.15, 0.2) is 0 Å². The summed E-state index contributed by atoms with van der Waals surface area (Å²) in [5, 5.41) is 5.77. The van der Waals surface area contributed by atoms with Crippen LogP contribution in [0.25, 0.3) is 15.9 Å². The molecule has 0 saturated carbocycles. The monoisotopic (exact) mass is 383 g/mol. The van der Waals surface area contributed by atoms with Crippen LogP contribution in [0.5, 0.6) is 0 Å². The van der Waals surface area contributed by atoms with E-state index in [0.717, 1.165) is 21.0 Å². The molecule has 0 aliphatic rings. The van der Waals surface area contributed by atoms with Crippen molar-refractivity contribution in [1.29, 1.82) is 0 Å². The summed E-state index contributed by atoms with van der Waals surface area (Å²) in [6.45, 7) is 5.97. The van der Waals surface area contributed by atoms with Crippen molar-refractivity contribution in [3.05, 3.63) is 63.3 Å². The van der Waals surface area contributed by atoms with Crippen molar-refractivity contribution in [2.45, 2.75) is 31.2 Å². The lowest BCUT2D eigenvalue weighted by Gasteiger charge is -2.08. The summed E-state index contributed by atoms with van der Waals surface area (Å²) in [4.78, 5) is 26.3. The predicted molar refractivity (Wildman–Crippen MR) is 105 cm³/mol. The lowest BCUT2D eigenvalue weighted by atomic mass is 10.2. The molecule has 132 valence electrons. The number of aromatic nitrogens is 5. The molecule has 0 aliphatic heterocycles. The Kier molecular flexibility index (Phi) is 4.37. The molecule has 6 nitrogen and oxygen atoms in total. The largest absolute Gasteiger partial charge is 0.309 e. The Bertz CT molecular complexity index is 1130. The number of H-pyrrole nitrogens is 1. The molecule has 3 heterocycles. The topological polar surface area (TPSA) is 76.5 Å². The average Bonchev–Trinajstić information content (AvgIpc) is 3.21. The molecule has 0 fully saturated rings. The first-order chi connectivity index (χ1) is 12.5. The number of aromatic amines is 1. The van der Waals surface area contributed by atoms with Gasteiger partial charge in [0.25, 0.3) is 5.56 Å². The lowest BCUT2D eigenvalue weighted by Crippen LogP contribution is -2.12. The third-order valence-corrected chi connectivity index (χ3v) is 6.29. The zero-order valence-corrected chi connectivity index (χ0v) is 16.2. The molecule has 8 heteroatoms. The number of hydrogen-bond donors (Lipinski definition) is 1. The maximum Gasteiger partial charge on any atom is 0.259 e. The van der Waals surface area contributed by atoms with Crippen molar-refractivity contribution in [1.82, 2.24) is 24.7 Å². The van der Waals surface area contributed by atoms with E-state index < -0.39 is 0 Å². The van der Waals surface area contributed by atoms with Gasteiger partial charge in [-0.2, -0.15) is 0 Å². The Hall–Kier alpha value is -2.45. The third kappa shape index (κ3) is 3.06. The van der Waals surface area contributed by atoms with Crippen molar-refractivity contribution >= 4 is 33.3 Å². The third-order valence-electron chi connectivity index (χ3n) is 4.22. The molecule has 1 N–H and O–H groups in total. The van der Waals surface area contributed by atoms with Crippen LogP contribution in [0.4, 0.5) is 0 Å². The summed E-state index contributed by atoms with van der Waals surface area (Å²) in [6, 6.07) is 9.83. The second-order valence-electron chi connectivity index (χ2n) is 5.98. The molecule has 0 bridgehead atoms. The maximum atomic E-state index is 12.4. The van der Waals surface area contributed by atoms with Gasteiger partial charge in [-0.1, -0.05) is 30.0 Å². The Morgan fingerprint density at radius 2 is 2.00 bits per heavy atom. The number of benzene rings is 1. The summed E-state index contributed by atoms with van der Waals surface area (Å²) >= 11 is 3.03. The molecule has 0 radical (unpaired) electrons. The van der Waals surface area contributed by atoms with Gasteiger partial charge in [0.2, 0.25) is 5.16 Å². The molecule has 0 aliphatic carbocycles. The first-order valence-electron chi connectivity index (χ1n) is 8.16. The minimum atomic E-state index is -0.0814. The van der Waals surface area contributed by atoms with Crippen LogP contribution in [-0.2, 0) is 0 Å². The molecule has 1 atom stereocenters. The van der Waals surface area contributed by atoms with Gasteiger partial charge in [-0.15, -0.1) is 16.4 Å². The van der Waals surface area contributed by atoms with E-state index in [9.17, 15) is 4.79 Å². The number of nitrogens with one attached hydrogen (secondary N) is 1. The number of hydrogen-bond acceptors (Lipinski definition) is 6. The fourth-order valence-corrected chi connectivity index (χ4v) is 4.50. The van der Waals surface area contributed by atoms with Gasteiger partial charge in [-0.25, -0.2) is 14.6 Å². The number of rotatable bonds is 4. The van der Waals surface area contributed by atoms with Gasteiger partial charge in [0, 0.05) is 4.88 Å². The van der Waals surface area contributed by atoms with Gasteiger partial charge in [0.1, 0.15) is 17.0 Å². The smallest absolute Gasteiger partial charge is 0.259 e. The van der Waals surface area contributed by atoms with E-state index in [1.54, 1.807) is 22.3 Å². The van der Waals surface area contributed by atoms with Gasteiger partial charge < -0.3 is 4.98 Å². The highest BCUT2D eigenvalue weighted by Gasteiger charge is 2.17. The summed E-state index contributed by atoms with van der Waals surface area (Å²) in [6.07, 6.45) is 1.69. The van der Waals surface area contributed by atoms with Crippen molar-refractivity contribution < 1.29 is 0 Å². The molecular weight excluding hydrogens is 366 g/mol. The minimum Gasteiger partial charge on any atom is -0.309 e. The summed E-state index contributed by atoms with van der Waals surface area (Å²) in [5.41, 5.74) is 1.88. The molecule has 1 unspecified atom stereocenters. The Balaban J connectivity index is 1.61. The molecule has 0 spiro atoms. The summed E-state index contributed by atoms with van der Waals surface area (Å²) < 4.78 is 1.74. The highest BCUT2D eigenvalue weighted by atomic mass is 32.2. The van der Waals surface area contributed by atoms with E-state index in [1.165, 1.54) is 11.8 Å². The SMILES string of the molecule is Cc1sc2nc(C(C)Sc3ncn(-c4ccccc4)n3)[nH]c(=O)c2c1C. The number of aryl methyl sites for hydroxylation is 2. The second kappa shape index (κ2) is 6.69. The molecule has 1 aromatic carbocycles. The van der Waals surface area contributed by atoms with Crippen LogP contribution in [0.2, 0.25) is 0 Å². The van der Waals surface area contributed by atoms with Gasteiger partial charge in [0.05, 0.1) is 16.3 Å². The number of nitrogens with zero attached hydrogens (tertiary/aromatic N) is 4. The zero-order chi connectivity index (χ0) is 18.3. The Morgan fingerprint density at radius 1 is 1.23 bits per heavy atom. The van der Waals surface area contributed by atoms with Crippen LogP contribution >= 0.6 is 23.1 Å². The van der Waals surface area contributed by atoms with E-state index in [1.807, 2.05) is 51.1 Å². The van der Waals surface area contributed by atoms with Gasteiger partial charge >= 0.3 is 0 Å². The van der Waals surface area contributed by atoms with Crippen LogP contribution in [-0.4, -0.2) is 24.7 Å². The van der Waals surface area contributed by atoms with Crippen LogP contribution in [0.3, 0.4) is 0 Å². The highest BCUT2D eigenvalue weighted by molar-refractivity contribution is 7.99. The van der Waals surface area contributed by atoms with Crippen molar-refractivity contribution in [3.8, 4) is 5.69 Å². The number of thiophene rings is 1. The second-order valence-corrected chi connectivity index (χ2v) is 8.49. The maximum absolute atomic E-state index is 12.4. The molecule has 4 aromatic rings. The van der Waals surface area contributed by atoms with E-state index in [-0.39, 0.29) is 10.8 Å². The van der Waals surface area contributed by atoms with Crippen LogP contribution in [0.1, 0.15) is 28.4 Å². The molecule has 4 rings (SSSR count). The van der Waals surface area contributed by atoms with Crippen molar-refractivity contribution in [3.63, 3.8) is 0 Å². The fraction of sp³-hybridized carbons (Fsp3) is 0.222. The number of para-hydroxylation sites is 1. The molecule has 0 saturated heterocycles. The Morgan fingerprint density at radius 3 is 2.77 bits per heavy atom. The number of thioether (sulfide) groups is 1. The van der Waals surface area contributed by atoms with Crippen LogP contribution < -0.4 is 5.56 Å². The fourth-order valence-electron chi connectivity index (χ4n) is 2.68. The molecule has 26 heavy (non-hydrogen) atoms. The quantitative estimate of drug-likeness (QED) is 0.538. The highest BCUT2D eigenvalue weighted by Crippen LogP contribution is 2.32. The summed E-state index contributed by atoms with van der Waals surface area (Å²) in [5.74, 6) is 0.643. The number of fused-ring (bicyclic) bond motifs is 1. The average molecular weight is 384 g/mol. The van der Waals surface area contributed by atoms with E-state index in [2.05, 4.69) is 20.1 Å². The van der Waals surface area contributed by atoms with Crippen LogP contribution in [0, 0.1) is 13.8 Å². The van der Waals surface area contributed by atoms with E-state index in [4.69, 9.17) is 0 Å². The first-order valence-corrected chi connectivity index (χ1v) is 9.86. The van der Waals surface area contributed by atoms with E-state index in [0.29, 0.717) is 16.4 Å². The van der Waals surface area contributed by atoms with E-state index >= 15 is 0 Å². The van der Waals surface area contributed by atoms with Crippen molar-refractivity contribution in [2.24, 2.45) is 0 Å². The van der Waals surface area contributed by atoms with Crippen LogP contribution in [0.15, 0.2) is 46.6 Å². The zero-order valence-electron chi connectivity index (χ0n) is 14.6. The standard InChI is InChI=1S/C18H17N5OS2/c1-10-11(2)25-17-14(10)16(24)20-15(21-17)12(3)26-18-19-9-23(22-18)13-7-5-4-6-8-13/h4-9,12H,1-3H3,(H,20,21,24). The van der Waals surface area contributed by atoms with Gasteiger partial charge in [-0.05, 0) is 38.5 Å². The predicted octanol–water partition coefficient (Wildman–Crippen LogP) is 4.04. The van der Waals surface area contributed by atoms with Crippen molar-refractivity contribution in [2.75, 3.05) is 0 Å². The Labute approximate surface area is 158 Å². The molecule has 3 aromatic heterocycles. The normalized spacial score (nSPS) is 12.6. The first kappa shape index (κ1) is 17.0. The molecular formula is C18H17N5OS2. The summed E-state index contributed by atoms with van der Waals surface area (Å²) in [7, 11) is 0. The lowest BCUT2D eigenvalue weighted by molar-refractivity contribution is 0.829. The minimum absolute atomic E-state index is 0.0681. The molecule has 0 amide bonds.